The number of hydrogen-bond acceptors (Lipinski definition) is 4. The van der Waals surface area contributed by atoms with Crippen LogP contribution in [0.1, 0.15) is 19.0 Å². The van der Waals surface area contributed by atoms with Crippen molar-refractivity contribution in [3.63, 3.8) is 0 Å². The van der Waals surface area contributed by atoms with Crippen molar-refractivity contribution in [1.29, 1.82) is 0 Å². The molecule has 0 unspecified atom stereocenters. The third-order valence-corrected chi connectivity index (χ3v) is 4.58. The highest BCUT2D eigenvalue weighted by Crippen LogP contribution is 2.22. The average molecular weight is 353 g/mol. The summed E-state index contributed by atoms with van der Waals surface area (Å²) in [6, 6.07) is 6.74. The van der Waals surface area contributed by atoms with Crippen LogP contribution in [0, 0.1) is 6.92 Å². The molecular formula is C18H19N5O3. The minimum absolute atomic E-state index is 0.174. The first kappa shape index (κ1) is 16.2. The van der Waals surface area contributed by atoms with Crippen molar-refractivity contribution in [3.05, 3.63) is 57.0 Å². The van der Waals surface area contributed by atoms with Gasteiger partial charge >= 0.3 is 5.69 Å². The Kier molecular flexibility index (Phi) is 3.50. The molecule has 0 aliphatic heterocycles. The first-order valence-corrected chi connectivity index (χ1v) is 8.43. The molecule has 0 aliphatic rings. The first-order valence-electron chi connectivity index (χ1n) is 8.43. The van der Waals surface area contributed by atoms with Crippen molar-refractivity contribution >= 4 is 16.9 Å². The van der Waals surface area contributed by atoms with Crippen LogP contribution in [0.5, 0.6) is 5.75 Å². The Bertz CT molecular complexity index is 1250. The minimum Gasteiger partial charge on any atom is -0.508 e. The zero-order valence-corrected chi connectivity index (χ0v) is 14.8. The Balaban J connectivity index is 2.13. The Morgan fingerprint density at radius 3 is 2.50 bits per heavy atom. The van der Waals surface area contributed by atoms with E-state index in [1.165, 1.54) is 9.13 Å². The highest BCUT2D eigenvalue weighted by Gasteiger charge is 2.20. The standard InChI is InChI=1S/C18H19N5O3/c1-4-9-21-16(25)14-15(20(3)18(21)26)19-17-22(14)10-11(2)23(17)12-5-7-13(24)8-6-12/h5-8,10,24H,4,9H2,1-3H3. The molecule has 1 N–H and O–H groups in total. The smallest absolute Gasteiger partial charge is 0.332 e. The van der Waals surface area contributed by atoms with Gasteiger partial charge in [-0.1, -0.05) is 6.92 Å². The van der Waals surface area contributed by atoms with Crippen LogP contribution in [0.2, 0.25) is 0 Å². The second kappa shape index (κ2) is 5.62. The van der Waals surface area contributed by atoms with Crippen molar-refractivity contribution in [1.82, 2.24) is 23.1 Å². The van der Waals surface area contributed by atoms with Gasteiger partial charge in [-0.3, -0.25) is 22.9 Å². The molecule has 0 radical (unpaired) electrons. The summed E-state index contributed by atoms with van der Waals surface area (Å²) in [5.41, 5.74) is 1.74. The Labute approximate surface area is 148 Å². The van der Waals surface area contributed by atoms with E-state index in [2.05, 4.69) is 4.98 Å². The maximum Gasteiger partial charge on any atom is 0.332 e. The van der Waals surface area contributed by atoms with Gasteiger partial charge in [0.2, 0.25) is 5.78 Å². The van der Waals surface area contributed by atoms with Crippen LogP contribution >= 0.6 is 0 Å². The zero-order valence-electron chi connectivity index (χ0n) is 14.8. The largest absolute Gasteiger partial charge is 0.508 e. The van der Waals surface area contributed by atoms with Crippen molar-refractivity contribution in [2.45, 2.75) is 26.8 Å². The molecule has 0 saturated carbocycles. The van der Waals surface area contributed by atoms with Crippen LogP contribution in [-0.2, 0) is 13.6 Å². The number of rotatable bonds is 3. The molecule has 0 fully saturated rings. The van der Waals surface area contributed by atoms with Crippen molar-refractivity contribution in [3.8, 4) is 11.4 Å². The van der Waals surface area contributed by atoms with E-state index in [0.717, 1.165) is 11.4 Å². The number of imidazole rings is 2. The van der Waals surface area contributed by atoms with Gasteiger partial charge in [0.15, 0.2) is 11.2 Å². The van der Waals surface area contributed by atoms with Crippen LogP contribution in [0.3, 0.4) is 0 Å². The van der Waals surface area contributed by atoms with Crippen LogP contribution in [-0.4, -0.2) is 28.2 Å². The van der Waals surface area contributed by atoms with E-state index >= 15 is 0 Å². The number of phenolic OH excluding ortho intramolecular Hbond substituents is 1. The van der Waals surface area contributed by atoms with Gasteiger partial charge < -0.3 is 5.11 Å². The number of aromatic hydroxyl groups is 1. The Morgan fingerprint density at radius 2 is 1.85 bits per heavy atom. The first-order chi connectivity index (χ1) is 12.4. The molecule has 0 amide bonds. The van der Waals surface area contributed by atoms with Gasteiger partial charge in [0, 0.05) is 31.2 Å². The molecule has 4 aromatic rings. The lowest BCUT2D eigenvalue weighted by Gasteiger charge is -2.06. The second-order valence-corrected chi connectivity index (χ2v) is 6.37. The second-order valence-electron chi connectivity index (χ2n) is 6.37. The van der Waals surface area contributed by atoms with Crippen LogP contribution in [0.15, 0.2) is 40.1 Å². The van der Waals surface area contributed by atoms with Crippen LogP contribution in [0.25, 0.3) is 22.6 Å². The molecule has 0 bridgehead atoms. The summed E-state index contributed by atoms with van der Waals surface area (Å²) in [4.78, 5) is 30.0. The van der Waals surface area contributed by atoms with Gasteiger partial charge in [0.1, 0.15) is 5.75 Å². The highest BCUT2D eigenvalue weighted by molar-refractivity contribution is 5.76. The Morgan fingerprint density at radius 1 is 1.15 bits per heavy atom. The van der Waals surface area contributed by atoms with Crippen molar-refractivity contribution in [2.24, 2.45) is 7.05 Å². The topological polar surface area (TPSA) is 86.5 Å². The molecule has 0 saturated heterocycles. The molecule has 8 heteroatoms. The third-order valence-electron chi connectivity index (χ3n) is 4.58. The fraction of sp³-hybridized carbons (Fsp3) is 0.278. The van der Waals surface area contributed by atoms with Gasteiger partial charge in [-0.05, 0) is 37.6 Å². The normalized spacial score (nSPS) is 11.7. The summed E-state index contributed by atoms with van der Waals surface area (Å²) in [7, 11) is 1.63. The lowest BCUT2D eigenvalue weighted by molar-refractivity contribution is 0.475. The number of aromatic nitrogens is 5. The number of benzene rings is 1. The van der Waals surface area contributed by atoms with Crippen molar-refractivity contribution in [2.75, 3.05) is 0 Å². The molecule has 3 aromatic heterocycles. The van der Waals surface area contributed by atoms with E-state index in [1.54, 1.807) is 35.7 Å². The molecule has 3 heterocycles. The molecule has 4 rings (SSSR count). The molecular weight excluding hydrogens is 334 g/mol. The third kappa shape index (κ3) is 2.11. The molecule has 26 heavy (non-hydrogen) atoms. The number of hydrogen-bond donors (Lipinski definition) is 1. The van der Waals surface area contributed by atoms with Crippen molar-refractivity contribution < 1.29 is 5.11 Å². The number of phenols is 1. The lowest BCUT2D eigenvalue weighted by atomic mass is 10.3. The van der Waals surface area contributed by atoms with Gasteiger partial charge in [-0.15, -0.1) is 0 Å². The van der Waals surface area contributed by atoms with Gasteiger partial charge in [-0.2, -0.15) is 4.98 Å². The molecule has 8 nitrogen and oxygen atoms in total. The zero-order chi connectivity index (χ0) is 18.6. The predicted molar refractivity (Wildman–Crippen MR) is 98.2 cm³/mol. The Hall–Kier alpha value is -3.29. The minimum atomic E-state index is -0.363. The fourth-order valence-electron chi connectivity index (χ4n) is 3.35. The molecule has 0 spiro atoms. The quantitative estimate of drug-likeness (QED) is 0.606. The number of aryl methyl sites for hydroxylation is 2. The van der Waals surface area contributed by atoms with Gasteiger partial charge in [0.05, 0.1) is 0 Å². The van der Waals surface area contributed by atoms with Gasteiger partial charge in [0.25, 0.3) is 5.56 Å². The monoisotopic (exact) mass is 353 g/mol. The molecule has 1 aromatic carbocycles. The summed E-state index contributed by atoms with van der Waals surface area (Å²) in [5.74, 6) is 0.720. The highest BCUT2D eigenvalue weighted by atomic mass is 16.3. The van der Waals surface area contributed by atoms with E-state index in [4.69, 9.17) is 0 Å². The summed E-state index contributed by atoms with van der Waals surface area (Å²) in [5, 5.41) is 9.52. The number of fused-ring (bicyclic) bond motifs is 3. The summed E-state index contributed by atoms with van der Waals surface area (Å²) in [6.07, 6.45) is 2.52. The molecule has 0 aliphatic carbocycles. The van der Waals surface area contributed by atoms with E-state index in [1.807, 2.05) is 24.6 Å². The van der Waals surface area contributed by atoms with E-state index in [9.17, 15) is 14.7 Å². The predicted octanol–water partition coefficient (Wildman–Crippen LogP) is 1.56. The molecule has 134 valence electrons. The fourth-order valence-corrected chi connectivity index (χ4v) is 3.35. The van der Waals surface area contributed by atoms with E-state index < -0.39 is 0 Å². The molecule has 0 atom stereocenters. The SMILES string of the molecule is CCCn1c(=O)c2c(nc3n(-c4ccc(O)cc4)c(C)cn23)n(C)c1=O. The van der Waals surface area contributed by atoms with Gasteiger partial charge in [-0.25, -0.2) is 4.79 Å². The maximum absolute atomic E-state index is 12.9. The number of nitrogens with zero attached hydrogens (tertiary/aromatic N) is 5. The summed E-state index contributed by atoms with van der Waals surface area (Å²) in [6.45, 7) is 4.21. The van der Waals surface area contributed by atoms with Crippen LogP contribution < -0.4 is 11.2 Å². The van der Waals surface area contributed by atoms with Crippen LogP contribution in [0.4, 0.5) is 0 Å². The van der Waals surface area contributed by atoms with E-state index in [0.29, 0.717) is 29.9 Å². The summed E-state index contributed by atoms with van der Waals surface area (Å²) < 4.78 is 6.28. The lowest BCUT2D eigenvalue weighted by Crippen LogP contribution is -2.39. The van der Waals surface area contributed by atoms with E-state index in [-0.39, 0.29) is 17.0 Å². The summed E-state index contributed by atoms with van der Waals surface area (Å²) >= 11 is 0. The maximum atomic E-state index is 12.9. The average Bonchev–Trinajstić information content (AvgIpc) is 3.12.